The molecular formula is C9H16ClNO2. The Labute approximate surface area is 83.7 Å². The lowest BCUT2D eigenvalue weighted by Gasteiger charge is -2.35. The molecule has 1 fully saturated rings. The molecule has 76 valence electrons. The molecule has 1 N–H and O–H groups in total. The van der Waals surface area contributed by atoms with Gasteiger partial charge in [0, 0.05) is 19.0 Å². The highest BCUT2D eigenvalue weighted by Gasteiger charge is 2.28. The summed E-state index contributed by atoms with van der Waals surface area (Å²) in [5.41, 5.74) is 0. The van der Waals surface area contributed by atoms with E-state index in [0.29, 0.717) is 19.5 Å². The van der Waals surface area contributed by atoms with Crippen LogP contribution in [-0.2, 0) is 4.79 Å². The fraction of sp³-hybridized carbons (Fsp3) is 0.889. The summed E-state index contributed by atoms with van der Waals surface area (Å²) in [4.78, 5) is 13.0. The van der Waals surface area contributed by atoms with Crippen LogP contribution in [0.15, 0.2) is 0 Å². The van der Waals surface area contributed by atoms with Crippen molar-refractivity contribution in [3.8, 4) is 0 Å². The molecule has 4 heteroatoms. The lowest BCUT2D eigenvalue weighted by molar-refractivity contribution is -0.132. The van der Waals surface area contributed by atoms with Crippen molar-refractivity contribution in [2.45, 2.75) is 25.9 Å². The van der Waals surface area contributed by atoms with Gasteiger partial charge < -0.3 is 10.0 Å². The molecule has 0 spiro atoms. The Bertz CT molecular complexity index is 186. The second kappa shape index (κ2) is 4.82. The maximum atomic E-state index is 11.2. The van der Waals surface area contributed by atoms with Crippen LogP contribution in [0.25, 0.3) is 0 Å². The van der Waals surface area contributed by atoms with Gasteiger partial charge in [-0.3, -0.25) is 4.79 Å². The maximum absolute atomic E-state index is 11.2. The van der Waals surface area contributed by atoms with Crippen molar-refractivity contribution in [1.82, 2.24) is 4.90 Å². The van der Waals surface area contributed by atoms with Gasteiger partial charge in [-0.1, -0.05) is 6.92 Å². The molecule has 0 aromatic heterocycles. The molecule has 3 nitrogen and oxygen atoms in total. The molecule has 1 amide bonds. The van der Waals surface area contributed by atoms with Gasteiger partial charge in [-0.2, -0.15) is 0 Å². The number of halogens is 1. The minimum Gasteiger partial charge on any atom is -0.393 e. The van der Waals surface area contributed by atoms with Crippen LogP contribution in [0.1, 0.15) is 19.8 Å². The van der Waals surface area contributed by atoms with Crippen LogP contribution >= 0.6 is 11.6 Å². The van der Waals surface area contributed by atoms with E-state index in [1.807, 2.05) is 6.92 Å². The van der Waals surface area contributed by atoms with E-state index in [2.05, 4.69) is 0 Å². The molecule has 1 saturated heterocycles. The minimum atomic E-state index is -0.246. The van der Waals surface area contributed by atoms with Crippen LogP contribution in [0.4, 0.5) is 0 Å². The van der Waals surface area contributed by atoms with E-state index in [9.17, 15) is 9.90 Å². The second-order valence-electron chi connectivity index (χ2n) is 3.50. The highest BCUT2D eigenvalue weighted by Crippen LogP contribution is 2.20. The molecule has 1 rings (SSSR count). The second-order valence-corrected chi connectivity index (χ2v) is 3.76. The summed E-state index contributed by atoms with van der Waals surface area (Å²) in [5, 5.41) is 9.57. The summed E-state index contributed by atoms with van der Waals surface area (Å²) in [6.07, 6.45) is 1.35. The Kier molecular flexibility index (Phi) is 4.00. The lowest BCUT2D eigenvalue weighted by atomic mass is 9.92. The summed E-state index contributed by atoms with van der Waals surface area (Å²) in [5.74, 6) is 0.250. The van der Waals surface area contributed by atoms with Gasteiger partial charge in [0.2, 0.25) is 5.91 Å². The van der Waals surface area contributed by atoms with Crippen LogP contribution in [0.5, 0.6) is 0 Å². The summed E-state index contributed by atoms with van der Waals surface area (Å²) >= 11 is 5.46. The quantitative estimate of drug-likeness (QED) is 0.679. The number of hydrogen-bond acceptors (Lipinski definition) is 2. The maximum Gasteiger partial charge on any atom is 0.237 e. The van der Waals surface area contributed by atoms with Crippen LogP contribution < -0.4 is 0 Å². The van der Waals surface area contributed by atoms with Crippen LogP contribution in [-0.4, -0.2) is 41.0 Å². The van der Waals surface area contributed by atoms with Gasteiger partial charge in [0.05, 0.1) is 6.10 Å². The SMILES string of the molecule is CCC1CN(C(=O)CCl)CCC1O. The van der Waals surface area contributed by atoms with E-state index in [-0.39, 0.29) is 23.8 Å². The molecule has 0 bridgehead atoms. The normalized spacial score (nSPS) is 29.0. The molecule has 0 saturated carbocycles. The Morgan fingerprint density at radius 1 is 1.69 bits per heavy atom. The van der Waals surface area contributed by atoms with Crippen LogP contribution in [0.2, 0.25) is 0 Å². The van der Waals surface area contributed by atoms with Gasteiger partial charge in [-0.25, -0.2) is 0 Å². The standard InChI is InChI=1S/C9H16ClNO2/c1-2-7-6-11(9(13)5-10)4-3-8(7)12/h7-8,12H,2-6H2,1H3. The predicted molar refractivity (Wildman–Crippen MR) is 51.7 cm³/mol. The van der Waals surface area contributed by atoms with Gasteiger partial charge >= 0.3 is 0 Å². The Morgan fingerprint density at radius 2 is 2.38 bits per heavy atom. The lowest BCUT2D eigenvalue weighted by Crippen LogP contribution is -2.46. The number of aliphatic hydroxyl groups is 1. The highest BCUT2D eigenvalue weighted by atomic mass is 35.5. The number of carbonyl (C=O) groups excluding carboxylic acids is 1. The predicted octanol–water partition coefficient (Wildman–Crippen LogP) is 0.845. The molecule has 0 aliphatic carbocycles. The minimum absolute atomic E-state index is 0.0213. The first-order valence-corrected chi connectivity index (χ1v) is 5.24. The van der Waals surface area contributed by atoms with Gasteiger partial charge in [-0.05, 0) is 12.8 Å². The van der Waals surface area contributed by atoms with Gasteiger partial charge in [0.25, 0.3) is 0 Å². The van der Waals surface area contributed by atoms with E-state index in [4.69, 9.17) is 11.6 Å². The Balaban J connectivity index is 2.49. The monoisotopic (exact) mass is 205 g/mol. The average molecular weight is 206 g/mol. The summed E-state index contributed by atoms with van der Waals surface area (Å²) < 4.78 is 0. The molecule has 1 aliphatic rings. The first-order valence-electron chi connectivity index (χ1n) is 4.70. The van der Waals surface area contributed by atoms with Gasteiger partial charge in [-0.15, -0.1) is 11.6 Å². The zero-order valence-electron chi connectivity index (χ0n) is 7.87. The molecule has 0 aromatic rings. The molecule has 1 aliphatic heterocycles. The summed E-state index contributed by atoms with van der Waals surface area (Å²) in [6, 6.07) is 0. The Hall–Kier alpha value is -0.280. The summed E-state index contributed by atoms with van der Waals surface area (Å²) in [7, 11) is 0. The molecule has 0 aromatic carbocycles. The fourth-order valence-corrected chi connectivity index (χ4v) is 1.90. The third kappa shape index (κ3) is 2.58. The molecule has 13 heavy (non-hydrogen) atoms. The van der Waals surface area contributed by atoms with Crippen LogP contribution in [0, 0.1) is 5.92 Å². The van der Waals surface area contributed by atoms with Crippen molar-refractivity contribution >= 4 is 17.5 Å². The third-order valence-corrected chi connectivity index (χ3v) is 2.91. The molecule has 2 atom stereocenters. The number of alkyl halides is 1. The first-order chi connectivity index (χ1) is 6.19. The third-order valence-electron chi connectivity index (χ3n) is 2.69. The van der Waals surface area contributed by atoms with Crippen molar-refractivity contribution in [2.75, 3.05) is 19.0 Å². The topological polar surface area (TPSA) is 40.5 Å². The number of amides is 1. The van der Waals surface area contributed by atoms with Gasteiger partial charge in [0.1, 0.15) is 5.88 Å². The molecule has 0 radical (unpaired) electrons. The zero-order chi connectivity index (χ0) is 9.84. The van der Waals surface area contributed by atoms with E-state index >= 15 is 0 Å². The van der Waals surface area contributed by atoms with Crippen molar-refractivity contribution < 1.29 is 9.90 Å². The van der Waals surface area contributed by atoms with E-state index in [1.54, 1.807) is 4.90 Å². The number of nitrogens with zero attached hydrogens (tertiary/aromatic N) is 1. The number of rotatable bonds is 2. The number of likely N-dealkylation sites (tertiary alicyclic amines) is 1. The molecule has 2 unspecified atom stereocenters. The van der Waals surface area contributed by atoms with Crippen LogP contribution in [0.3, 0.4) is 0 Å². The van der Waals surface area contributed by atoms with Crippen molar-refractivity contribution in [1.29, 1.82) is 0 Å². The number of carbonyl (C=O) groups is 1. The summed E-state index contributed by atoms with van der Waals surface area (Å²) in [6.45, 7) is 3.33. The van der Waals surface area contributed by atoms with E-state index in [0.717, 1.165) is 6.42 Å². The van der Waals surface area contributed by atoms with E-state index < -0.39 is 0 Å². The van der Waals surface area contributed by atoms with Crippen molar-refractivity contribution in [3.05, 3.63) is 0 Å². The molecular weight excluding hydrogens is 190 g/mol. The van der Waals surface area contributed by atoms with Gasteiger partial charge in [0.15, 0.2) is 0 Å². The van der Waals surface area contributed by atoms with E-state index in [1.165, 1.54) is 0 Å². The van der Waals surface area contributed by atoms with Crippen molar-refractivity contribution in [2.24, 2.45) is 5.92 Å². The largest absolute Gasteiger partial charge is 0.393 e. The Morgan fingerprint density at radius 3 is 2.92 bits per heavy atom. The number of piperidine rings is 1. The number of hydrogen-bond donors (Lipinski definition) is 1. The fourth-order valence-electron chi connectivity index (χ4n) is 1.73. The van der Waals surface area contributed by atoms with Crippen molar-refractivity contribution in [3.63, 3.8) is 0 Å². The smallest absolute Gasteiger partial charge is 0.237 e. The average Bonchev–Trinajstić information content (AvgIpc) is 2.17. The molecule has 1 heterocycles. The first kappa shape index (κ1) is 10.8. The highest BCUT2D eigenvalue weighted by molar-refractivity contribution is 6.27. The number of aliphatic hydroxyl groups excluding tert-OH is 1. The zero-order valence-corrected chi connectivity index (χ0v) is 8.63.